The summed E-state index contributed by atoms with van der Waals surface area (Å²) in [4.78, 5) is 17.5. The van der Waals surface area contributed by atoms with E-state index >= 15 is 0 Å². The van der Waals surface area contributed by atoms with E-state index in [1.807, 2.05) is 35.9 Å². The Hall–Kier alpha value is -1.92. The molecule has 3 nitrogen and oxygen atoms in total. The molecule has 1 amide bonds. The molecule has 0 atom stereocenters. The van der Waals surface area contributed by atoms with Crippen LogP contribution in [-0.2, 0) is 6.54 Å². The lowest BCUT2D eigenvalue weighted by atomic mass is 10.1. The molecule has 1 aromatic heterocycles. The smallest absolute Gasteiger partial charge is 0.279 e. The van der Waals surface area contributed by atoms with E-state index in [0.717, 1.165) is 28.1 Å². The van der Waals surface area contributed by atoms with Gasteiger partial charge in [0.1, 0.15) is 5.82 Å². The maximum Gasteiger partial charge on any atom is 0.279 e. The van der Waals surface area contributed by atoms with Gasteiger partial charge >= 0.3 is 0 Å². The Labute approximate surface area is 147 Å². The highest BCUT2D eigenvalue weighted by Crippen LogP contribution is 2.19. The molecule has 24 heavy (non-hydrogen) atoms. The van der Waals surface area contributed by atoms with Crippen molar-refractivity contribution in [3.8, 4) is 0 Å². The number of nitrogens with zero attached hydrogens (tertiary/aromatic N) is 2. The fourth-order valence-electron chi connectivity index (χ4n) is 2.49. The molecule has 1 heterocycles. The van der Waals surface area contributed by atoms with Crippen molar-refractivity contribution in [2.24, 2.45) is 4.99 Å². The maximum absolute atomic E-state index is 13.5. The van der Waals surface area contributed by atoms with Crippen LogP contribution < -0.4 is 4.80 Å². The first-order valence-corrected chi connectivity index (χ1v) is 9.73. The molecule has 0 N–H and O–H groups in total. The van der Waals surface area contributed by atoms with Gasteiger partial charge in [0, 0.05) is 17.9 Å². The van der Waals surface area contributed by atoms with Gasteiger partial charge in [-0.05, 0) is 43.0 Å². The monoisotopic (exact) mass is 360 g/mol. The zero-order valence-electron chi connectivity index (χ0n) is 13.5. The number of hydrogen-bond acceptors (Lipinski definition) is 3. The number of thiazole rings is 1. The second-order valence-electron chi connectivity index (χ2n) is 5.37. The average Bonchev–Trinajstić information content (AvgIpc) is 2.89. The van der Waals surface area contributed by atoms with Gasteiger partial charge in [-0.1, -0.05) is 29.5 Å². The third-order valence-electron chi connectivity index (χ3n) is 3.74. The van der Waals surface area contributed by atoms with E-state index < -0.39 is 0 Å². The minimum atomic E-state index is -0.280. The molecule has 0 spiro atoms. The summed E-state index contributed by atoms with van der Waals surface area (Å²) in [5.74, 6) is 0.352. The van der Waals surface area contributed by atoms with Gasteiger partial charge in [0.05, 0.1) is 10.2 Å². The van der Waals surface area contributed by atoms with E-state index in [-0.39, 0.29) is 11.7 Å². The van der Waals surface area contributed by atoms with Crippen LogP contribution in [0.5, 0.6) is 0 Å². The highest BCUT2D eigenvalue weighted by molar-refractivity contribution is 7.98. The molecule has 0 saturated heterocycles. The topological polar surface area (TPSA) is 34.4 Å². The van der Waals surface area contributed by atoms with Crippen LogP contribution >= 0.6 is 23.1 Å². The van der Waals surface area contributed by atoms with E-state index in [9.17, 15) is 9.18 Å². The van der Waals surface area contributed by atoms with E-state index in [4.69, 9.17) is 0 Å². The summed E-state index contributed by atoms with van der Waals surface area (Å²) in [6.07, 6.45) is 2.03. The van der Waals surface area contributed by atoms with Crippen LogP contribution in [0.25, 0.3) is 10.2 Å². The summed E-state index contributed by atoms with van der Waals surface area (Å²) >= 11 is 3.06. The zero-order chi connectivity index (χ0) is 17.1. The lowest BCUT2D eigenvalue weighted by Crippen LogP contribution is -2.18. The highest BCUT2D eigenvalue weighted by Gasteiger charge is 2.11. The number of aryl methyl sites for hydroxylation is 2. The second kappa shape index (κ2) is 7.32. The van der Waals surface area contributed by atoms with Crippen molar-refractivity contribution in [1.29, 1.82) is 0 Å². The van der Waals surface area contributed by atoms with Crippen molar-refractivity contribution < 1.29 is 9.18 Å². The lowest BCUT2D eigenvalue weighted by molar-refractivity contribution is 0.0997. The number of fused-ring (bicyclic) bond motifs is 1. The quantitative estimate of drug-likeness (QED) is 0.697. The SMILES string of the molecule is CSCCn1c(=NC(=O)c2ccccc2C)sc2cc(F)ccc21. The zero-order valence-corrected chi connectivity index (χ0v) is 15.1. The van der Waals surface area contributed by atoms with Gasteiger partial charge < -0.3 is 4.57 Å². The lowest BCUT2D eigenvalue weighted by Gasteiger charge is -2.04. The van der Waals surface area contributed by atoms with E-state index in [0.29, 0.717) is 10.4 Å². The van der Waals surface area contributed by atoms with Gasteiger partial charge in [-0.15, -0.1) is 0 Å². The fourth-order valence-corrected chi connectivity index (χ4v) is 3.94. The predicted molar refractivity (Wildman–Crippen MR) is 99.2 cm³/mol. The highest BCUT2D eigenvalue weighted by atomic mass is 32.2. The second-order valence-corrected chi connectivity index (χ2v) is 7.37. The molecular weight excluding hydrogens is 343 g/mol. The molecule has 124 valence electrons. The van der Waals surface area contributed by atoms with E-state index in [1.54, 1.807) is 23.9 Å². The van der Waals surface area contributed by atoms with Gasteiger partial charge in [0.2, 0.25) is 0 Å². The molecule has 0 saturated carbocycles. The Balaban J connectivity index is 2.13. The molecule has 0 aliphatic carbocycles. The molecule has 0 bridgehead atoms. The molecule has 2 aromatic carbocycles. The molecule has 6 heteroatoms. The number of hydrogen-bond donors (Lipinski definition) is 0. The largest absolute Gasteiger partial charge is 0.316 e. The van der Waals surface area contributed by atoms with Gasteiger partial charge in [-0.3, -0.25) is 4.79 Å². The van der Waals surface area contributed by atoms with Gasteiger partial charge in [0.25, 0.3) is 5.91 Å². The minimum absolute atomic E-state index is 0.266. The normalized spacial score (nSPS) is 12.0. The molecule has 3 rings (SSSR count). The van der Waals surface area contributed by atoms with E-state index in [2.05, 4.69) is 4.99 Å². The number of carbonyl (C=O) groups is 1. The van der Waals surface area contributed by atoms with Crippen LogP contribution in [0.1, 0.15) is 15.9 Å². The van der Waals surface area contributed by atoms with Crippen LogP contribution in [0.4, 0.5) is 4.39 Å². The van der Waals surface area contributed by atoms with Crippen LogP contribution in [0.15, 0.2) is 47.5 Å². The summed E-state index contributed by atoms with van der Waals surface area (Å²) in [5.41, 5.74) is 2.40. The van der Waals surface area contributed by atoms with Gasteiger partial charge in [0.15, 0.2) is 4.80 Å². The minimum Gasteiger partial charge on any atom is -0.316 e. The van der Waals surface area contributed by atoms with Crippen molar-refractivity contribution in [3.63, 3.8) is 0 Å². The maximum atomic E-state index is 13.5. The first-order chi connectivity index (χ1) is 11.6. The molecule has 3 aromatic rings. The Kier molecular flexibility index (Phi) is 5.16. The number of aromatic nitrogens is 1. The molecular formula is C18H17FN2OS2. The number of benzene rings is 2. The standard InChI is InChI=1S/C18H17FN2OS2/c1-12-5-3-4-6-14(12)17(22)20-18-21(9-10-23-2)15-8-7-13(19)11-16(15)24-18/h3-8,11H,9-10H2,1-2H3. The van der Waals surface area contributed by atoms with Crippen LogP contribution in [0.2, 0.25) is 0 Å². The molecule has 0 fully saturated rings. The van der Waals surface area contributed by atoms with Crippen LogP contribution in [0, 0.1) is 12.7 Å². The number of halogens is 1. The van der Waals surface area contributed by atoms with Crippen molar-refractivity contribution in [2.75, 3.05) is 12.0 Å². The Morgan fingerprint density at radius 1 is 1.29 bits per heavy atom. The molecule has 0 radical (unpaired) electrons. The van der Waals surface area contributed by atoms with Crippen LogP contribution in [0.3, 0.4) is 0 Å². The molecule has 0 aliphatic heterocycles. The number of rotatable bonds is 4. The summed E-state index contributed by atoms with van der Waals surface area (Å²) < 4.78 is 16.3. The van der Waals surface area contributed by atoms with E-state index in [1.165, 1.54) is 23.5 Å². The number of thioether (sulfide) groups is 1. The van der Waals surface area contributed by atoms with Crippen molar-refractivity contribution in [3.05, 3.63) is 64.2 Å². The summed E-state index contributed by atoms with van der Waals surface area (Å²) in [7, 11) is 0. The van der Waals surface area contributed by atoms with Crippen molar-refractivity contribution in [1.82, 2.24) is 4.57 Å². The van der Waals surface area contributed by atoms with Crippen LogP contribution in [-0.4, -0.2) is 22.5 Å². The van der Waals surface area contributed by atoms with Gasteiger partial charge in [-0.2, -0.15) is 16.8 Å². The predicted octanol–water partition coefficient (Wildman–Crippen LogP) is 4.25. The van der Waals surface area contributed by atoms with Crippen molar-refractivity contribution >= 4 is 39.2 Å². The average molecular weight is 360 g/mol. The fraction of sp³-hybridized carbons (Fsp3) is 0.222. The third kappa shape index (κ3) is 3.44. The molecule has 0 aliphatic rings. The Morgan fingerprint density at radius 2 is 2.08 bits per heavy atom. The first kappa shape index (κ1) is 16.9. The summed E-state index contributed by atoms with van der Waals surface area (Å²) in [6.45, 7) is 2.62. The van der Waals surface area contributed by atoms with Gasteiger partial charge in [-0.25, -0.2) is 4.39 Å². The summed E-state index contributed by atoms with van der Waals surface area (Å²) in [5, 5.41) is 0. The Bertz CT molecular complexity index is 959. The Morgan fingerprint density at radius 3 is 2.83 bits per heavy atom. The number of amides is 1. The van der Waals surface area contributed by atoms with Crippen molar-refractivity contribution in [2.45, 2.75) is 13.5 Å². The third-order valence-corrected chi connectivity index (χ3v) is 5.37. The molecule has 0 unspecified atom stereocenters. The first-order valence-electron chi connectivity index (χ1n) is 7.52. The number of carbonyl (C=O) groups excluding carboxylic acids is 1. The summed E-state index contributed by atoms with van der Waals surface area (Å²) in [6, 6.07) is 12.1.